The van der Waals surface area contributed by atoms with Crippen LogP contribution in [0.3, 0.4) is 0 Å². The zero-order valence-electron chi connectivity index (χ0n) is 11.0. The molecule has 94 valence electrons. The first-order chi connectivity index (χ1) is 7.42. The molecule has 4 nitrogen and oxygen atoms in total. The molecule has 0 aromatic heterocycles. The lowest BCUT2D eigenvalue weighted by Gasteiger charge is -2.33. The van der Waals surface area contributed by atoms with E-state index in [9.17, 15) is 0 Å². The monoisotopic (exact) mass is 229 g/mol. The summed E-state index contributed by atoms with van der Waals surface area (Å²) in [6.07, 6.45) is 0.0400. The molecule has 2 radical (unpaired) electrons. The van der Waals surface area contributed by atoms with Gasteiger partial charge in [-0.05, 0) is 27.2 Å². The van der Waals surface area contributed by atoms with Crippen LogP contribution in [-0.2, 0) is 14.2 Å². The van der Waals surface area contributed by atoms with E-state index in [2.05, 4.69) is 0 Å². The zero-order valence-corrected chi connectivity index (χ0v) is 11.0. The summed E-state index contributed by atoms with van der Waals surface area (Å²) in [7, 11) is 7.41. The van der Waals surface area contributed by atoms with Crippen LogP contribution in [0.4, 0.5) is 0 Å². The first kappa shape index (κ1) is 15.9. The fraction of sp³-hybridized carbons (Fsp3) is 1.00. The molecule has 0 saturated heterocycles. The van der Waals surface area contributed by atoms with Crippen molar-refractivity contribution in [1.82, 2.24) is 0 Å². The van der Waals surface area contributed by atoms with Crippen molar-refractivity contribution in [3.63, 3.8) is 0 Å². The maximum Gasteiger partial charge on any atom is 0.112 e. The van der Waals surface area contributed by atoms with E-state index in [1.165, 1.54) is 0 Å². The van der Waals surface area contributed by atoms with Crippen molar-refractivity contribution in [2.75, 3.05) is 7.11 Å². The second kappa shape index (κ2) is 8.06. The van der Waals surface area contributed by atoms with E-state index in [0.29, 0.717) is 0 Å². The van der Waals surface area contributed by atoms with E-state index in [-0.39, 0.29) is 24.5 Å². The summed E-state index contributed by atoms with van der Waals surface area (Å²) in [6.45, 7) is 7.70. The van der Waals surface area contributed by atoms with Crippen LogP contribution in [0.25, 0.3) is 0 Å². The first-order valence-electron chi connectivity index (χ1n) is 5.77. The van der Waals surface area contributed by atoms with Gasteiger partial charge in [-0.15, -0.1) is 0 Å². The predicted molar refractivity (Wildman–Crippen MR) is 65.4 cm³/mol. The van der Waals surface area contributed by atoms with Crippen LogP contribution in [0.1, 0.15) is 34.1 Å². The van der Waals surface area contributed by atoms with Crippen molar-refractivity contribution in [3.05, 3.63) is 0 Å². The Morgan fingerprint density at radius 1 is 1.19 bits per heavy atom. The Hall–Kier alpha value is -0.0951. The molecule has 0 aliphatic rings. The van der Waals surface area contributed by atoms with Gasteiger partial charge in [-0.2, -0.15) is 0 Å². The lowest BCUT2D eigenvalue weighted by atomic mass is 9.89. The number of hydrogen-bond donors (Lipinski definition) is 1. The predicted octanol–water partition coefficient (Wildman–Crippen LogP) is 1.02. The van der Waals surface area contributed by atoms with E-state index in [1.807, 2.05) is 20.8 Å². The Balaban J connectivity index is 4.54. The molecule has 4 unspecified atom stereocenters. The van der Waals surface area contributed by atoms with Crippen LogP contribution in [-0.4, -0.2) is 45.5 Å². The van der Waals surface area contributed by atoms with Crippen LogP contribution in [0.15, 0.2) is 0 Å². The molecular weight excluding hydrogens is 205 g/mol. The smallest absolute Gasteiger partial charge is 0.112 e. The van der Waals surface area contributed by atoms with Gasteiger partial charge in [-0.1, -0.05) is 6.92 Å². The largest absolute Gasteiger partial charge is 0.389 e. The Labute approximate surface area is 100 Å². The van der Waals surface area contributed by atoms with Crippen LogP contribution >= 0.6 is 0 Å². The Kier molecular flexibility index (Phi) is 8.02. The molecule has 0 amide bonds. The first-order valence-corrected chi connectivity index (χ1v) is 5.77. The van der Waals surface area contributed by atoms with Crippen molar-refractivity contribution in [2.45, 2.75) is 64.7 Å². The minimum atomic E-state index is -0.508. The molecule has 0 aromatic rings. The highest BCUT2D eigenvalue weighted by Gasteiger charge is 2.28. The Bertz CT molecular complexity index is 179. The summed E-state index contributed by atoms with van der Waals surface area (Å²) in [5, 5.41) is 0. The molecule has 0 rings (SSSR count). The molecule has 0 aliphatic carbocycles. The average molecular weight is 229 g/mol. The third-order valence-electron chi connectivity index (χ3n) is 2.18. The van der Waals surface area contributed by atoms with Crippen molar-refractivity contribution < 1.29 is 14.2 Å². The van der Waals surface area contributed by atoms with Gasteiger partial charge < -0.3 is 19.9 Å². The SMILES string of the molecule is [B]C(OC)C(OC(C)C)C(CC)OC(C)N. The van der Waals surface area contributed by atoms with E-state index in [4.69, 9.17) is 27.8 Å². The molecular formula is C11H24BNO3. The molecule has 0 heterocycles. The normalized spacial score (nSPS) is 19.4. The molecule has 0 spiro atoms. The van der Waals surface area contributed by atoms with Crippen molar-refractivity contribution in [3.8, 4) is 0 Å². The maximum absolute atomic E-state index is 5.85. The van der Waals surface area contributed by atoms with Crippen molar-refractivity contribution >= 4 is 7.85 Å². The van der Waals surface area contributed by atoms with Crippen molar-refractivity contribution in [2.24, 2.45) is 5.73 Å². The summed E-state index contributed by atoms with van der Waals surface area (Å²) >= 11 is 0. The molecule has 0 aliphatic heterocycles. The van der Waals surface area contributed by atoms with Crippen molar-refractivity contribution in [1.29, 1.82) is 0 Å². The number of rotatable bonds is 8. The highest BCUT2D eigenvalue weighted by molar-refractivity contribution is 6.11. The standard InChI is InChI=1S/C11H24BNO3/c1-6-9(16-8(4)13)10(11(12)14-5)15-7(2)3/h7-11H,6,13H2,1-5H3. The van der Waals surface area contributed by atoms with Gasteiger partial charge in [0, 0.05) is 13.1 Å². The second-order valence-electron chi connectivity index (χ2n) is 4.14. The molecule has 5 heteroatoms. The summed E-state index contributed by atoms with van der Waals surface area (Å²) in [6, 6.07) is -0.508. The third-order valence-corrected chi connectivity index (χ3v) is 2.18. The Morgan fingerprint density at radius 3 is 2.06 bits per heavy atom. The minimum absolute atomic E-state index is 0.0666. The highest BCUT2D eigenvalue weighted by Crippen LogP contribution is 2.15. The number of hydrogen-bond acceptors (Lipinski definition) is 4. The molecule has 2 N–H and O–H groups in total. The minimum Gasteiger partial charge on any atom is -0.389 e. The third kappa shape index (κ3) is 5.84. The van der Waals surface area contributed by atoms with E-state index >= 15 is 0 Å². The summed E-state index contributed by atoms with van der Waals surface area (Å²) in [5.74, 6) is 0. The van der Waals surface area contributed by atoms with Gasteiger partial charge in [-0.25, -0.2) is 0 Å². The van der Waals surface area contributed by atoms with Gasteiger partial charge in [0.15, 0.2) is 0 Å². The average Bonchev–Trinajstić information content (AvgIpc) is 2.21. The Morgan fingerprint density at radius 2 is 1.75 bits per heavy atom. The topological polar surface area (TPSA) is 53.7 Å². The molecule has 4 atom stereocenters. The van der Waals surface area contributed by atoms with Crippen LogP contribution < -0.4 is 5.73 Å². The number of nitrogens with two attached hydrogens (primary N) is 1. The molecule has 0 bridgehead atoms. The van der Waals surface area contributed by atoms with E-state index in [0.717, 1.165) is 6.42 Å². The lowest BCUT2D eigenvalue weighted by molar-refractivity contribution is -0.142. The van der Waals surface area contributed by atoms with Crippen LogP contribution in [0.2, 0.25) is 0 Å². The number of methoxy groups -OCH3 is 1. The highest BCUT2D eigenvalue weighted by atomic mass is 16.6. The van der Waals surface area contributed by atoms with Gasteiger partial charge in [0.05, 0.1) is 12.2 Å². The summed E-state index contributed by atoms with van der Waals surface area (Å²) in [5.41, 5.74) is 5.62. The van der Waals surface area contributed by atoms with Gasteiger partial charge >= 0.3 is 0 Å². The van der Waals surface area contributed by atoms with Gasteiger partial charge in [0.1, 0.15) is 20.2 Å². The van der Waals surface area contributed by atoms with Gasteiger partial charge in [0.25, 0.3) is 0 Å². The quantitative estimate of drug-likeness (QED) is 0.498. The number of ether oxygens (including phenoxy) is 3. The van der Waals surface area contributed by atoms with E-state index < -0.39 is 6.00 Å². The molecule has 0 saturated carbocycles. The van der Waals surface area contributed by atoms with Gasteiger partial charge in [0.2, 0.25) is 0 Å². The fourth-order valence-corrected chi connectivity index (χ4v) is 1.51. The lowest BCUT2D eigenvalue weighted by Crippen LogP contribution is -2.46. The second-order valence-corrected chi connectivity index (χ2v) is 4.14. The zero-order chi connectivity index (χ0) is 12.7. The fourth-order valence-electron chi connectivity index (χ4n) is 1.51. The van der Waals surface area contributed by atoms with Crippen LogP contribution in [0, 0.1) is 0 Å². The molecule has 16 heavy (non-hydrogen) atoms. The molecule has 0 aromatic carbocycles. The summed E-state index contributed by atoms with van der Waals surface area (Å²) in [4.78, 5) is 0. The maximum atomic E-state index is 5.85. The van der Waals surface area contributed by atoms with E-state index in [1.54, 1.807) is 14.0 Å². The van der Waals surface area contributed by atoms with Crippen LogP contribution in [0.5, 0.6) is 0 Å². The molecule has 0 fully saturated rings. The summed E-state index contributed by atoms with van der Waals surface area (Å²) < 4.78 is 16.4. The van der Waals surface area contributed by atoms with Gasteiger partial charge in [-0.3, -0.25) is 0 Å².